The highest BCUT2D eigenvalue weighted by Crippen LogP contribution is 2.20. The smallest absolute Gasteiger partial charge is 0.171 e. The number of nitrogens with zero attached hydrogens (tertiary/aromatic N) is 3. The van der Waals surface area contributed by atoms with Crippen LogP contribution in [0, 0.1) is 0 Å². The summed E-state index contributed by atoms with van der Waals surface area (Å²) in [5, 5.41) is 9.52. The molecule has 2 aromatic rings. The van der Waals surface area contributed by atoms with E-state index in [9.17, 15) is 4.79 Å². The molecule has 2 aromatic heterocycles. The Balaban J connectivity index is 2.14. The van der Waals surface area contributed by atoms with Crippen LogP contribution in [-0.2, 0) is 6.54 Å². The Bertz CT molecular complexity index is 451. The third-order valence-electron chi connectivity index (χ3n) is 1.64. The average molecular weight is 272 g/mol. The molecule has 0 aliphatic heterocycles. The van der Waals surface area contributed by atoms with Crippen molar-refractivity contribution in [3.63, 3.8) is 0 Å². The fourth-order valence-electron chi connectivity index (χ4n) is 1.06. The van der Waals surface area contributed by atoms with Crippen molar-refractivity contribution >= 4 is 33.6 Å². The zero-order valence-electron chi connectivity index (χ0n) is 7.05. The van der Waals surface area contributed by atoms with Crippen LogP contribution < -0.4 is 0 Å². The van der Waals surface area contributed by atoms with E-state index in [1.54, 1.807) is 22.2 Å². The number of aldehydes is 1. The lowest BCUT2D eigenvalue weighted by Gasteiger charge is -1.94. The first-order valence-corrected chi connectivity index (χ1v) is 5.53. The van der Waals surface area contributed by atoms with E-state index in [-0.39, 0.29) is 0 Å². The highest BCUT2D eigenvalue weighted by atomic mass is 79.9. The van der Waals surface area contributed by atoms with Gasteiger partial charge in [-0.2, -0.15) is 0 Å². The molecule has 0 radical (unpaired) electrons. The fraction of sp³-hybridized carbons (Fsp3) is 0.125. The summed E-state index contributed by atoms with van der Waals surface area (Å²) in [6.07, 6.45) is 2.31. The van der Waals surface area contributed by atoms with Gasteiger partial charge in [0.1, 0.15) is 5.69 Å². The summed E-state index contributed by atoms with van der Waals surface area (Å²) in [7, 11) is 0. The van der Waals surface area contributed by atoms with Crippen molar-refractivity contribution in [2.45, 2.75) is 6.54 Å². The molecule has 2 rings (SSSR count). The van der Waals surface area contributed by atoms with Crippen LogP contribution in [0.5, 0.6) is 0 Å². The van der Waals surface area contributed by atoms with Crippen molar-refractivity contribution in [3.05, 3.63) is 32.7 Å². The highest BCUT2D eigenvalue weighted by molar-refractivity contribution is 9.11. The van der Waals surface area contributed by atoms with Crippen molar-refractivity contribution in [3.8, 4) is 0 Å². The molecule has 6 heteroatoms. The second kappa shape index (κ2) is 4.02. The summed E-state index contributed by atoms with van der Waals surface area (Å²) in [6, 6.07) is 2.02. The van der Waals surface area contributed by atoms with Crippen LogP contribution in [0.4, 0.5) is 0 Å². The molecule has 0 saturated heterocycles. The third-order valence-corrected chi connectivity index (χ3v) is 3.20. The molecule has 0 atom stereocenters. The number of hydrogen-bond donors (Lipinski definition) is 0. The van der Waals surface area contributed by atoms with Crippen LogP contribution in [-0.4, -0.2) is 21.3 Å². The maximum absolute atomic E-state index is 10.4. The summed E-state index contributed by atoms with van der Waals surface area (Å²) < 4.78 is 2.72. The summed E-state index contributed by atoms with van der Waals surface area (Å²) in [6.45, 7) is 0.642. The van der Waals surface area contributed by atoms with Crippen LogP contribution in [0.15, 0.2) is 21.4 Å². The van der Waals surface area contributed by atoms with E-state index in [1.165, 1.54) is 0 Å². The normalized spacial score (nSPS) is 10.4. The van der Waals surface area contributed by atoms with E-state index in [1.807, 2.05) is 11.4 Å². The Kier molecular flexibility index (Phi) is 2.74. The van der Waals surface area contributed by atoms with Gasteiger partial charge in [-0.3, -0.25) is 4.79 Å². The molecule has 14 heavy (non-hydrogen) atoms. The molecule has 0 aliphatic rings. The van der Waals surface area contributed by atoms with Crippen LogP contribution in [0.2, 0.25) is 0 Å². The maximum atomic E-state index is 10.4. The van der Waals surface area contributed by atoms with E-state index in [4.69, 9.17) is 0 Å². The minimum absolute atomic E-state index is 0.360. The molecule has 0 spiro atoms. The first-order chi connectivity index (χ1) is 6.78. The first-order valence-electron chi connectivity index (χ1n) is 3.86. The third kappa shape index (κ3) is 2.08. The maximum Gasteiger partial charge on any atom is 0.171 e. The zero-order valence-corrected chi connectivity index (χ0v) is 9.46. The van der Waals surface area contributed by atoms with Gasteiger partial charge in [0.2, 0.25) is 0 Å². The molecule has 0 saturated carbocycles. The standard InChI is InChI=1S/C8H6BrN3OS/c9-8-1-6(5-14-8)2-12-3-7(4-13)10-11-12/h1,3-5H,2H2. The van der Waals surface area contributed by atoms with Crippen LogP contribution in [0.1, 0.15) is 16.1 Å². The van der Waals surface area contributed by atoms with E-state index in [2.05, 4.69) is 26.2 Å². The molecule has 4 nitrogen and oxygen atoms in total. The number of rotatable bonds is 3. The number of carbonyl (C=O) groups is 1. The number of hydrogen-bond acceptors (Lipinski definition) is 4. The van der Waals surface area contributed by atoms with Crippen molar-refractivity contribution in [1.29, 1.82) is 0 Å². The van der Waals surface area contributed by atoms with Crippen LogP contribution in [0.25, 0.3) is 0 Å². The first kappa shape index (κ1) is 9.54. The van der Waals surface area contributed by atoms with Crippen LogP contribution >= 0.6 is 27.3 Å². The monoisotopic (exact) mass is 271 g/mol. The van der Waals surface area contributed by atoms with Gasteiger partial charge in [0.05, 0.1) is 16.5 Å². The largest absolute Gasteiger partial charge is 0.296 e. The Morgan fingerprint density at radius 3 is 3.07 bits per heavy atom. The number of aromatic nitrogens is 3. The Morgan fingerprint density at radius 1 is 1.64 bits per heavy atom. The highest BCUT2D eigenvalue weighted by Gasteiger charge is 2.01. The molecule has 0 fully saturated rings. The summed E-state index contributed by atoms with van der Waals surface area (Å²) in [5.74, 6) is 0. The molecular formula is C8H6BrN3OS. The van der Waals surface area contributed by atoms with Gasteiger partial charge in [-0.1, -0.05) is 5.21 Å². The fourth-order valence-corrected chi connectivity index (χ4v) is 2.26. The lowest BCUT2D eigenvalue weighted by Crippen LogP contribution is -1.98. The molecular weight excluding hydrogens is 266 g/mol. The average Bonchev–Trinajstić information content (AvgIpc) is 2.76. The van der Waals surface area contributed by atoms with E-state index in [0.717, 1.165) is 9.35 Å². The minimum atomic E-state index is 0.360. The minimum Gasteiger partial charge on any atom is -0.296 e. The SMILES string of the molecule is O=Cc1cn(Cc2csc(Br)c2)nn1. The number of thiophene rings is 1. The second-order valence-corrected chi connectivity index (χ2v) is 5.01. The molecule has 72 valence electrons. The molecule has 2 heterocycles. The molecule has 0 aliphatic carbocycles. The molecule has 0 unspecified atom stereocenters. The lowest BCUT2D eigenvalue weighted by molar-refractivity contribution is 0.111. The summed E-state index contributed by atoms with van der Waals surface area (Å²) in [5.41, 5.74) is 1.50. The van der Waals surface area contributed by atoms with Gasteiger partial charge in [-0.25, -0.2) is 4.68 Å². The number of halogens is 1. The molecule has 0 aromatic carbocycles. The topological polar surface area (TPSA) is 47.8 Å². The van der Waals surface area contributed by atoms with Gasteiger partial charge in [-0.15, -0.1) is 16.4 Å². The van der Waals surface area contributed by atoms with Crippen molar-refractivity contribution in [2.24, 2.45) is 0 Å². The van der Waals surface area contributed by atoms with Crippen LogP contribution in [0.3, 0.4) is 0 Å². The quantitative estimate of drug-likeness (QED) is 0.802. The predicted octanol–water partition coefficient (Wildman–Crippen LogP) is 1.96. The molecule has 0 bridgehead atoms. The van der Waals surface area contributed by atoms with Crippen molar-refractivity contribution < 1.29 is 4.79 Å². The van der Waals surface area contributed by atoms with E-state index >= 15 is 0 Å². The van der Waals surface area contributed by atoms with Crippen molar-refractivity contribution in [1.82, 2.24) is 15.0 Å². The predicted molar refractivity (Wildman–Crippen MR) is 56.5 cm³/mol. The summed E-state index contributed by atoms with van der Waals surface area (Å²) >= 11 is 5.00. The molecule has 0 amide bonds. The Morgan fingerprint density at radius 2 is 2.50 bits per heavy atom. The van der Waals surface area contributed by atoms with Crippen molar-refractivity contribution in [2.75, 3.05) is 0 Å². The molecule has 0 N–H and O–H groups in total. The van der Waals surface area contributed by atoms with E-state index < -0.39 is 0 Å². The Labute approximate surface area is 92.7 Å². The van der Waals surface area contributed by atoms with Gasteiger partial charge >= 0.3 is 0 Å². The van der Waals surface area contributed by atoms with E-state index in [0.29, 0.717) is 18.5 Å². The van der Waals surface area contributed by atoms with Gasteiger partial charge < -0.3 is 0 Å². The Hall–Kier alpha value is -1.01. The lowest BCUT2D eigenvalue weighted by atomic mass is 10.3. The number of carbonyl (C=O) groups excluding carboxylic acids is 1. The van der Waals surface area contributed by atoms with Gasteiger partial charge in [0.25, 0.3) is 0 Å². The second-order valence-electron chi connectivity index (χ2n) is 2.72. The van der Waals surface area contributed by atoms with Gasteiger partial charge in [0.15, 0.2) is 6.29 Å². The summed E-state index contributed by atoms with van der Waals surface area (Å²) in [4.78, 5) is 10.4. The zero-order chi connectivity index (χ0) is 9.97. The van der Waals surface area contributed by atoms with Gasteiger partial charge in [0, 0.05) is 0 Å². The van der Waals surface area contributed by atoms with Gasteiger partial charge in [-0.05, 0) is 32.9 Å².